The third-order valence-electron chi connectivity index (χ3n) is 1.30. The molecule has 0 saturated heterocycles. The van der Waals surface area contributed by atoms with E-state index in [2.05, 4.69) is 0 Å². The van der Waals surface area contributed by atoms with E-state index >= 15 is 0 Å². The third kappa shape index (κ3) is 5.07. The van der Waals surface area contributed by atoms with Crippen LogP contribution in [0, 0.1) is 0 Å². The Kier molecular flexibility index (Phi) is 5.28. The van der Waals surface area contributed by atoms with E-state index in [0.29, 0.717) is 0 Å². The number of alkyl halides is 3. The van der Waals surface area contributed by atoms with Gasteiger partial charge in [0.05, 0.1) is 6.10 Å². The Hall–Kier alpha value is -0.250. The minimum atomic E-state index is -2.50. The average Bonchev–Trinajstić information content (AvgIpc) is 1.86. The van der Waals surface area contributed by atoms with Crippen molar-refractivity contribution in [2.45, 2.75) is 39.0 Å². The largest absolute Gasteiger partial charge is 0.375 e. The molecular weight excluding hydrogens is 157 g/mol. The Morgan fingerprint density at radius 3 is 2.09 bits per heavy atom. The van der Waals surface area contributed by atoms with Gasteiger partial charge in [-0.25, -0.2) is 13.2 Å². The van der Waals surface area contributed by atoms with Crippen molar-refractivity contribution in [1.29, 1.82) is 0 Å². The van der Waals surface area contributed by atoms with Crippen LogP contribution in [0.5, 0.6) is 0 Å². The van der Waals surface area contributed by atoms with Crippen LogP contribution in [0.1, 0.15) is 20.3 Å². The summed E-state index contributed by atoms with van der Waals surface area (Å²) >= 11 is 0. The van der Waals surface area contributed by atoms with Crippen molar-refractivity contribution in [3.05, 3.63) is 0 Å². The first kappa shape index (κ1) is 10.8. The maximum atomic E-state index is 12.5. The first-order chi connectivity index (χ1) is 5.07. The van der Waals surface area contributed by atoms with Crippen LogP contribution < -0.4 is 0 Å². The zero-order chi connectivity index (χ0) is 8.85. The van der Waals surface area contributed by atoms with Crippen LogP contribution in [0.4, 0.5) is 13.2 Å². The van der Waals surface area contributed by atoms with Crippen molar-refractivity contribution in [2.75, 3.05) is 6.61 Å². The summed E-state index contributed by atoms with van der Waals surface area (Å²) in [6, 6.07) is 0. The third-order valence-corrected chi connectivity index (χ3v) is 1.30. The second-order valence-corrected chi connectivity index (χ2v) is 2.30. The molecule has 0 radical (unpaired) electrons. The highest BCUT2D eigenvalue weighted by Gasteiger charge is 2.21. The molecule has 0 amide bonds. The van der Waals surface area contributed by atoms with E-state index in [0.717, 1.165) is 0 Å². The molecule has 11 heavy (non-hydrogen) atoms. The van der Waals surface area contributed by atoms with Gasteiger partial charge in [-0.05, 0) is 13.8 Å². The normalized spacial score (nSPS) is 16.9. The fraction of sp³-hybridized carbons (Fsp3) is 1.00. The summed E-state index contributed by atoms with van der Waals surface area (Å²) in [7, 11) is 0. The Morgan fingerprint density at radius 1 is 1.27 bits per heavy atom. The lowest BCUT2D eigenvalue weighted by Crippen LogP contribution is -2.25. The second kappa shape index (κ2) is 5.41. The summed E-state index contributed by atoms with van der Waals surface area (Å²) in [4.78, 5) is 0. The molecule has 2 atom stereocenters. The summed E-state index contributed by atoms with van der Waals surface area (Å²) in [5.41, 5.74) is 0. The minimum absolute atomic E-state index is 0.269. The fourth-order valence-corrected chi connectivity index (χ4v) is 0.778. The lowest BCUT2D eigenvalue weighted by atomic mass is 10.2. The highest BCUT2D eigenvalue weighted by atomic mass is 19.3. The van der Waals surface area contributed by atoms with Crippen LogP contribution in [0.3, 0.4) is 0 Å². The van der Waals surface area contributed by atoms with E-state index in [4.69, 9.17) is 4.74 Å². The molecule has 0 bridgehead atoms. The zero-order valence-electron chi connectivity index (χ0n) is 6.69. The molecule has 0 aliphatic heterocycles. The predicted octanol–water partition coefficient (Wildman–Crippen LogP) is 2.40. The topological polar surface area (TPSA) is 9.23 Å². The summed E-state index contributed by atoms with van der Waals surface area (Å²) in [6.45, 7) is 3.15. The smallest absolute Gasteiger partial charge is 0.241 e. The molecule has 0 saturated carbocycles. The molecule has 0 aromatic carbocycles. The van der Waals surface area contributed by atoms with Gasteiger partial charge in [0.1, 0.15) is 6.17 Å². The molecule has 0 N–H and O–H groups in total. The summed E-state index contributed by atoms with van der Waals surface area (Å²) in [6.07, 6.45) is -5.31. The fourth-order valence-electron chi connectivity index (χ4n) is 0.778. The second-order valence-electron chi connectivity index (χ2n) is 2.30. The van der Waals surface area contributed by atoms with Crippen LogP contribution in [0.25, 0.3) is 0 Å². The molecule has 0 aliphatic rings. The molecule has 0 rings (SSSR count). The van der Waals surface area contributed by atoms with Gasteiger partial charge < -0.3 is 4.74 Å². The van der Waals surface area contributed by atoms with Gasteiger partial charge in [0, 0.05) is 13.0 Å². The van der Waals surface area contributed by atoms with Gasteiger partial charge in [-0.3, -0.25) is 0 Å². The Morgan fingerprint density at radius 2 is 1.82 bits per heavy atom. The zero-order valence-corrected chi connectivity index (χ0v) is 6.69. The van der Waals surface area contributed by atoms with Gasteiger partial charge in [0.2, 0.25) is 6.43 Å². The van der Waals surface area contributed by atoms with Gasteiger partial charge in [-0.1, -0.05) is 0 Å². The van der Waals surface area contributed by atoms with E-state index in [9.17, 15) is 13.2 Å². The summed E-state index contributed by atoms with van der Waals surface area (Å²) in [5.74, 6) is 0. The van der Waals surface area contributed by atoms with Crippen LogP contribution in [-0.2, 0) is 4.74 Å². The van der Waals surface area contributed by atoms with Crippen LogP contribution in [0.15, 0.2) is 0 Å². The maximum Gasteiger partial charge on any atom is 0.241 e. The standard InChI is InChI=1S/C7H13F3O/c1-3-11-6(5(2)8)4-7(9)10/h5-7H,3-4H2,1-2H3. The molecule has 2 unspecified atom stereocenters. The Labute approximate surface area is 64.5 Å². The molecule has 0 aromatic rings. The molecule has 1 nitrogen and oxygen atoms in total. The predicted molar refractivity (Wildman–Crippen MR) is 36.6 cm³/mol. The van der Waals surface area contributed by atoms with Crippen LogP contribution in [0.2, 0.25) is 0 Å². The van der Waals surface area contributed by atoms with E-state index < -0.39 is 25.1 Å². The summed E-state index contributed by atoms with van der Waals surface area (Å²) in [5, 5.41) is 0. The first-order valence-corrected chi connectivity index (χ1v) is 3.61. The van der Waals surface area contributed by atoms with Crippen molar-refractivity contribution in [3.8, 4) is 0 Å². The van der Waals surface area contributed by atoms with Gasteiger partial charge in [-0.15, -0.1) is 0 Å². The molecule has 68 valence electrons. The molecule has 0 fully saturated rings. The highest BCUT2D eigenvalue weighted by molar-refractivity contribution is 4.65. The number of ether oxygens (including phenoxy) is 1. The number of hydrogen-bond acceptors (Lipinski definition) is 1. The average molecular weight is 170 g/mol. The van der Waals surface area contributed by atoms with Gasteiger partial charge in [0.25, 0.3) is 0 Å². The number of hydrogen-bond donors (Lipinski definition) is 0. The van der Waals surface area contributed by atoms with E-state index in [1.807, 2.05) is 0 Å². The van der Waals surface area contributed by atoms with E-state index in [1.54, 1.807) is 6.92 Å². The first-order valence-electron chi connectivity index (χ1n) is 3.61. The highest BCUT2D eigenvalue weighted by Crippen LogP contribution is 2.13. The minimum Gasteiger partial charge on any atom is -0.375 e. The van der Waals surface area contributed by atoms with E-state index in [1.165, 1.54) is 6.92 Å². The Bertz CT molecular complexity index is 95.7. The lowest BCUT2D eigenvalue weighted by molar-refractivity contribution is -0.0286. The van der Waals surface area contributed by atoms with Gasteiger partial charge in [0.15, 0.2) is 0 Å². The quantitative estimate of drug-likeness (QED) is 0.615. The summed E-state index contributed by atoms with van der Waals surface area (Å²) < 4.78 is 40.7. The van der Waals surface area contributed by atoms with Crippen molar-refractivity contribution in [2.24, 2.45) is 0 Å². The van der Waals surface area contributed by atoms with Gasteiger partial charge in [-0.2, -0.15) is 0 Å². The number of rotatable bonds is 5. The van der Waals surface area contributed by atoms with Crippen molar-refractivity contribution >= 4 is 0 Å². The molecule has 0 aliphatic carbocycles. The van der Waals surface area contributed by atoms with E-state index in [-0.39, 0.29) is 6.61 Å². The molecular formula is C7H13F3O. The number of halogens is 3. The Balaban J connectivity index is 3.69. The molecule has 0 heterocycles. The SMILES string of the molecule is CCOC(CC(F)F)C(C)F. The lowest BCUT2D eigenvalue weighted by Gasteiger charge is -2.17. The van der Waals surface area contributed by atoms with Crippen LogP contribution >= 0.6 is 0 Å². The van der Waals surface area contributed by atoms with Crippen LogP contribution in [-0.4, -0.2) is 25.3 Å². The maximum absolute atomic E-state index is 12.5. The monoisotopic (exact) mass is 170 g/mol. The molecule has 0 aromatic heterocycles. The molecule has 0 spiro atoms. The van der Waals surface area contributed by atoms with Crippen molar-refractivity contribution in [1.82, 2.24) is 0 Å². The van der Waals surface area contributed by atoms with Crippen molar-refractivity contribution in [3.63, 3.8) is 0 Å². The van der Waals surface area contributed by atoms with Gasteiger partial charge >= 0.3 is 0 Å². The molecule has 4 heteroatoms. The van der Waals surface area contributed by atoms with Crippen molar-refractivity contribution < 1.29 is 17.9 Å².